The number of fused-ring (bicyclic) bond motifs is 2. The molecule has 0 unspecified atom stereocenters. The normalized spacial score (nSPS) is 9.90. The van der Waals surface area contributed by atoms with Crippen molar-refractivity contribution in [2.75, 3.05) is 0 Å². The summed E-state index contributed by atoms with van der Waals surface area (Å²) in [6.07, 6.45) is 0. The van der Waals surface area contributed by atoms with Crippen LogP contribution in [0.3, 0.4) is 0 Å². The second-order valence-corrected chi connectivity index (χ2v) is 5.07. The summed E-state index contributed by atoms with van der Waals surface area (Å²) in [5.74, 6) is 0. The van der Waals surface area contributed by atoms with E-state index in [4.69, 9.17) is 24.4 Å². The van der Waals surface area contributed by atoms with Crippen molar-refractivity contribution in [3.8, 4) is 0 Å². The van der Waals surface area contributed by atoms with E-state index in [2.05, 4.69) is 19.9 Å². The minimum Gasteiger partial charge on any atom is -0.331 e. The molecule has 0 aliphatic carbocycles. The minimum absolute atomic E-state index is 0. The summed E-state index contributed by atoms with van der Waals surface area (Å²) < 4.78 is 1.36. The number of rotatable bonds is 0. The number of hydrogen-bond donors (Lipinski definition) is 4. The molecular formula is C14H12N4S2Zn+2. The van der Waals surface area contributed by atoms with Gasteiger partial charge in [-0.2, -0.15) is 0 Å². The summed E-state index contributed by atoms with van der Waals surface area (Å²) >= 11 is 9.80. The Morgan fingerprint density at radius 3 is 1.00 bits per heavy atom. The molecule has 0 radical (unpaired) electrons. The van der Waals surface area contributed by atoms with Gasteiger partial charge in [0, 0.05) is 0 Å². The Morgan fingerprint density at radius 2 is 0.762 bits per heavy atom. The van der Waals surface area contributed by atoms with Crippen molar-refractivity contribution in [1.29, 1.82) is 0 Å². The van der Waals surface area contributed by atoms with Crippen molar-refractivity contribution in [1.82, 2.24) is 19.9 Å². The molecule has 0 atom stereocenters. The van der Waals surface area contributed by atoms with Crippen LogP contribution in [0.4, 0.5) is 0 Å². The van der Waals surface area contributed by atoms with E-state index in [9.17, 15) is 0 Å². The molecule has 0 saturated carbocycles. The molecule has 0 bridgehead atoms. The standard InChI is InChI=1S/2C7H6N2S.Zn/c2*10-7-8-5-3-1-2-4-6(5)9-7;/h2*1-4H,(H2,8,9,10);/q;;+2. The zero-order valence-corrected chi connectivity index (χ0v) is 15.7. The maximum atomic E-state index is 4.90. The van der Waals surface area contributed by atoms with Gasteiger partial charge >= 0.3 is 19.5 Å². The van der Waals surface area contributed by atoms with Gasteiger partial charge in [0.25, 0.3) is 0 Å². The van der Waals surface area contributed by atoms with E-state index >= 15 is 0 Å². The molecule has 0 spiro atoms. The summed E-state index contributed by atoms with van der Waals surface area (Å²) in [6, 6.07) is 15.8. The molecule has 0 fully saturated rings. The van der Waals surface area contributed by atoms with Crippen molar-refractivity contribution in [2.24, 2.45) is 0 Å². The summed E-state index contributed by atoms with van der Waals surface area (Å²) in [5.41, 5.74) is 4.25. The third-order valence-electron chi connectivity index (χ3n) is 2.85. The molecule has 0 aliphatic heterocycles. The topological polar surface area (TPSA) is 63.2 Å². The zero-order valence-electron chi connectivity index (χ0n) is 11.1. The monoisotopic (exact) mass is 364 g/mol. The Labute approximate surface area is 143 Å². The van der Waals surface area contributed by atoms with Crippen LogP contribution in [0.1, 0.15) is 0 Å². The molecule has 2 aromatic heterocycles. The number of aromatic nitrogens is 4. The largest absolute Gasteiger partial charge is 2.00 e. The summed E-state index contributed by atoms with van der Waals surface area (Å²) in [4.78, 5) is 12.1. The van der Waals surface area contributed by atoms with Crippen LogP contribution in [0.25, 0.3) is 22.1 Å². The molecule has 2 heterocycles. The molecule has 4 rings (SSSR count). The Hall–Kier alpha value is -1.56. The average Bonchev–Trinajstić information content (AvgIpc) is 2.99. The van der Waals surface area contributed by atoms with Crippen LogP contribution in [0, 0.1) is 9.54 Å². The number of hydrogen-bond acceptors (Lipinski definition) is 2. The fourth-order valence-corrected chi connectivity index (χ4v) is 2.39. The fourth-order valence-electron chi connectivity index (χ4n) is 1.95. The number of para-hydroxylation sites is 4. The molecule has 4 nitrogen and oxygen atoms in total. The van der Waals surface area contributed by atoms with Crippen LogP contribution in [-0.2, 0) is 19.5 Å². The number of H-pyrrole nitrogens is 4. The van der Waals surface area contributed by atoms with Gasteiger partial charge in [0.05, 0.1) is 22.1 Å². The van der Waals surface area contributed by atoms with E-state index in [1.54, 1.807) is 0 Å². The van der Waals surface area contributed by atoms with E-state index < -0.39 is 0 Å². The second kappa shape index (κ2) is 6.94. The first-order valence-corrected chi connectivity index (χ1v) is 6.88. The molecule has 4 aromatic rings. The average molecular weight is 366 g/mol. The zero-order chi connectivity index (χ0) is 13.9. The summed E-state index contributed by atoms with van der Waals surface area (Å²) in [7, 11) is 0. The van der Waals surface area contributed by atoms with Crippen molar-refractivity contribution < 1.29 is 19.5 Å². The van der Waals surface area contributed by atoms with Crippen molar-refractivity contribution in [3.63, 3.8) is 0 Å². The molecule has 2 aromatic carbocycles. The minimum atomic E-state index is 0. The van der Waals surface area contributed by atoms with Crippen LogP contribution in [0.5, 0.6) is 0 Å². The predicted octanol–water partition coefficient (Wildman–Crippen LogP) is 4.45. The first kappa shape index (κ1) is 15.8. The Kier molecular flexibility index (Phi) is 5.23. The van der Waals surface area contributed by atoms with Crippen LogP contribution < -0.4 is 0 Å². The van der Waals surface area contributed by atoms with Gasteiger partial charge in [-0.15, -0.1) is 0 Å². The van der Waals surface area contributed by atoms with Crippen LogP contribution in [0.2, 0.25) is 0 Å². The smallest absolute Gasteiger partial charge is 0.331 e. The number of aromatic amines is 4. The van der Waals surface area contributed by atoms with Gasteiger partial charge in [-0.25, -0.2) is 0 Å². The number of nitrogens with one attached hydrogen (secondary N) is 4. The summed E-state index contributed by atoms with van der Waals surface area (Å²) in [6.45, 7) is 0. The third-order valence-corrected chi connectivity index (χ3v) is 3.26. The van der Waals surface area contributed by atoms with E-state index in [1.807, 2.05) is 48.5 Å². The Morgan fingerprint density at radius 1 is 0.524 bits per heavy atom. The first-order chi connectivity index (χ1) is 9.72. The molecule has 0 amide bonds. The van der Waals surface area contributed by atoms with Crippen LogP contribution in [0.15, 0.2) is 48.5 Å². The molecule has 0 saturated heterocycles. The fraction of sp³-hybridized carbons (Fsp3) is 0. The molecule has 21 heavy (non-hydrogen) atoms. The van der Waals surface area contributed by atoms with Crippen LogP contribution >= 0.6 is 24.4 Å². The first-order valence-electron chi connectivity index (χ1n) is 6.06. The second-order valence-electron chi connectivity index (χ2n) is 4.25. The van der Waals surface area contributed by atoms with Gasteiger partial charge in [0.2, 0.25) is 0 Å². The van der Waals surface area contributed by atoms with Gasteiger partial charge in [0.15, 0.2) is 9.54 Å². The molecule has 4 N–H and O–H groups in total. The maximum Gasteiger partial charge on any atom is 2.00 e. The summed E-state index contributed by atoms with van der Waals surface area (Å²) in [5, 5.41) is 0. The molecule has 7 heteroatoms. The molecule has 100 valence electrons. The molecular weight excluding hydrogens is 354 g/mol. The Bertz CT molecular complexity index is 812. The van der Waals surface area contributed by atoms with Crippen LogP contribution in [-0.4, -0.2) is 19.9 Å². The third kappa shape index (κ3) is 3.75. The van der Waals surface area contributed by atoms with E-state index in [0.29, 0.717) is 9.54 Å². The number of benzene rings is 2. The molecule has 0 aliphatic rings. The number of imidazole rings is 2. The maximum absolute atomic E-state index is 4.90. The van der Waals surface area contributed by atoms with Crippen molar-refractivity contribution in [3.05, 3.63) is 58.1 Å². The van der Waals surface area contributed by atoms with Crippen molar-refractivity contribution >= 4 is 46.5 Å². The van der Waals surface area contributed by atoms with Gasteiger partial charge in [-0.1, -0.05) is 24.3 Å². The quantitative estimate of drug-likeness (QED) is 0.275. The van der Waals surface area contributed by atoms with E-state index in [0.717, 1.165) is 22.1 Å². The van der Waals surface area contributed by atoms with Gasteiger partial charge < -0.3 is 19.9 Å². The van der Waals surface area contributed by atoms with Crippen molar-refractivity contribution in [2.45, 2.75) is 0 Å². The van der Waals surface area contributed by atoms with Gasteiger partial charge in [-0.05, 0) is 48.7 Å². The van der Waals surface area contributed by atoms with Gasteiger partial charge in [0.1, 0.15) is 0 Å². The van der Waals surface area contributed by atoms with Gasteiger partial charge in [-0.3, -0.25) is 0 Å². The van der Waals surface area contributed by atoms with E-state index in [1.165, 1.54) is 0 Å². The predicted molar refractivity (Wildman–Crippen MR) is 87.0 cm³/mol. The SMILES string of the molecule is S=c1[nH]c2ccccc2[nH]1.S=c1[nH]c2ccccc2[nH]1.[Zn+2]. The Balaban J connectivity index is 0.000000147. The van der Waals surface area contributed by atoms with E-state index in [-0.39, 0.29) is 19.5 Å².